The Bertz CT molecular complexity index is 891. The van der Waals surface area contributed by atoms with Gasteiger partial charge in [0, 0.05) is 12.0 Å². The standard InChI is InChI=1S/C17H20N4O4.2ClH/c1-10-6-13(11-2-4-18-5-3-11)25-17(24)15(10)16(23)19-8-12-7-14(22)21-9-20-12;;/h6-7,9,11,18H,2-5,8H2,1H3,(H,19,23)(H,20,21,22);2*1H. The van der Waals surface area contributed by atoms with Crippen molar-refractivity contribution in [2.24, 2.45) is 0 Å². The largest absolute Gasteiger partial charge is 0.427 e. The van der Waals surface area contributed by atoms with E-state index in [2.05, 4.69) is 20.6 Å². The summed E-state index contributed by atoms with van der Waals surface area (Å²) in [5.74, 6) is 0.298. The fourth-order valence-corrected chi connectivity index (χ4v) is 2.98. The van der Waals surface area contributed by atoms with Crippen molar-refractivity contribution in [3.63, 3.8) is 0 Å². The summed E-state index contributed by atoms with van der Waals surface area (Å²) in [7, 11) is 0. The molecule has 0 saturated carbocycles. The van der Waals surface area contributed by atoms with Crippen LogP contribution in [-0.4, -0.2) is 29.0 Å². The zero-order chi connectivity index (χ0) is 17.8. The molecule has 0 spiro atoms. The van der Waals surface area contributed by atoms with Crippen LogP contribution >= 0.6 is 24.8 Å². The average molecular weight is 417 g/mol. The quantitative estimate of drug-likeness (QED) is 0.690. The van der Waals surface area contributed by atoms with Gasteiger partial charge < -0.3 is 20.0 Å². The summed E-state index contributed by atoms with van der Waals surface area (Å²) in [4.78, 5) is 42.2. The Morgan fingerprint density at radius 2 is 1.96 bits per heavy atom. The Hall–Kier alpha value is -2.16. The molecule has 3 heterocycles. The topological polar surface area (TPSA) is 117 Å². The number of aryl methyl sites for hydroxylation is 1. The maximum atomic E-state index is 12.3. The zero-order valence-electron chi connectivity index (χ0n) is 14.7. The predicted octanol–water partition coefficient (Wildman–Crippen LogP) is 1.27. The highest BCUT2D eigenvalue weighted by Crippen LogP contribution is 2.25. The number of piperidine rings is 1. The maximum Gasteiger partial charge on any atom is 0.349 e. The lowest BCUT2D eigenvalue weighted by molar-refractivity contribution is 0.0945. The molecule has 0 radical (unpaired) electrons. The molecule has 1 aliphatic rings. The van der Waals surface area contributed by atoms with E-state index in [0.717, 1.165) is 25.9 Å². The van der Waals surface area contributed by atoms with Gasteiger partial charge in [-0.1, -0.05) is 0 Å². The minimum atomic E-state index is -0.634. The number of H-pyrrole nitrogens is 1. The highest BCUT2D eigenvalue weighted by Gasteiger charge is 2.22. The van der Waals surface area contributed by atoms with Crippen molar-refractivity contribution in [1.29, 1.82) is 0 Å². The van der Waals surface area contributed by atoms with Crippen LogP contribution in [0.5, 0.6) is 0 Å². The van der Waals surface area contributed by atoms with Crippen molar-refractivity contribution in [2.45, 2.75) is 32.2 Å². The first-order valence-electron chi connectivity index (χ1n) is 8.22. The summed E-state index contributed by atoms with van der Waals surface area (Å²) >= 11 is 0. The Labute approximate surface area is 168 Å². The van der Waals surface area contributed by atoms with Gasteiger partial charge in [-0.2, -0.15) is 0 Å². The zero-order valence-corrected chi connectivity index (χ0v) is 16.4. The van der Waals surface area contributed by atoms with Crippen LogP contribution in [0.15, 0.2) is 32.5 Å². The van der Waals surface area contributed by atoms with Gasteiger partial charge in [-0.3, -0.25) is 9.59 Å². The Morgan fingerprint density at radius 1 is 1.26 bits per heavy atom. The number of carbonyl (C=O) groups is 1. The molecule has 148 valence electrons. The van der Waals surface area contributed by atoms with Gasteiger partial charge in [-0.05, 0) is 44.5 Å². The second kappa shape index (κ2) is 10.2. The second-order valence-electron chi connectivity index (χ2n) is 6.10. The number of nitrogens with one attached hydrogen (secondary N) is 3. The van der Waals surface area contributed by atoms with E-state index in [1.54, 1.807) is 13.0 Å². The third-order valence-electron chi connectivity index (χ3n) is 4.30. The van der Waals surface area contributed by atoms with Crippen molar-refractivity contribution in [2.75, 3.05) is 13.1 Å². The molecule has 1 fully saturated rings. The van der Waals surface area contributed by atoms with E-state index in [9.17, 15) is 14.4 Å². The number of aromatic nitrogens is 2. The molecule has 2 aromatic heterocycles. The number of hydrogen-bond acceptors (Lipinski definition) is 6. The molecule has 3 rings (SSSR count). The molecule has 0 atom stereocenters. The molecule has 1 saturated heterocycles. The minimum absolute atomic E-state index is 0. The molecule has 3 N–H and O–H groups in total. The van der Waals surface area contributed by atoms with E-state index in [-0.39, 0.29) is 48.4 Å². The maximum absolute atomic E-state index is 12.3. The van der Waals surface area contributed by atoms with Crippen molar-refractivity contribution in [3.05, 3.63) is 61.8 Å². The number of rotatable bonds is 4. The summed E-state index contributed by atoms with van der Waals surface area (Å²) in [6.45, 7) is 3.55. The monoisotopic (exact) mass is 416 g/mol. The summed E-state index contributed by atoms with van der Waals surface area (Å²) in [5.41, 5.74) is 0.0420. The lowest BCUT2D eigenvalue weighted by atomic mass is 9.94. The molecule has 2 aromatic rings. The van der Waals surface area contributed by atoms with Crippen molar-refractivity contribution >= 4 is 30.7 Å². The van der Waals surface area contributed by atoms with Crippen LogP contribution < -0.4 is 21.8 Å². The van der Waals surface area contributed by atoms with E-state index in [1.165, 1.54) is 12.4 Å². The van der Waals surface area contributed by atoms with E-state index < -0.39 is 11.5 Å². The highest BCUT2D eigenvalue weighted by molar-refractivity contribution is 5.95. The van der Waals surface area contributed by atoms with Crippen LogP contribution in [0.4, 0.5) is 0 Å². The number of carbonyl (C=O) groups excluding carboxylic acids is 1. The minimum Gasteiger partial charge on any atom is -0.427 e. The van der Waals surface area contributed by atoms with Gasteiger partial charge in [0.25, 0.3) is 11.5 Å². The van der Waals surface area contributed by atoms with Gasteiger partial charge in [0.1, 0.15) is 11.3 Å². The average Bonchev–Trinajstić information content (AvgIpc) is 2.60. The van der Waals surface area contributed by atoms with Crippen molar-refractivity contribution in [1.82, 2.24) is 20.6 Å². The number of nitrogens with zero attached hydrogens (tertiary/aromatic N) is 1. The molecule has 1 amide bonds. The molecule has 0 aromatic carbocycles. The number of halogens is 2. The lowest BCUT2D eigenvalue weighted by Gasteiger charge is -2.21. The summed E-state index contributed by atoms with van der Waals surface area (Å²) < 4.78 is 5.41. The number of amides is 1. The molecule has 0 unspecified atom stereocenters. The smallest absolute Gasteiger partial charge is 0.349 e. The molecular weight excluding hydrogens is 395 g/mol. The van der Waals surface area contributed by atoms with Crippen LogP contribution in [0.2, 0.25) is 0 Å². The predicted molar refractivity (Wildman–Crippen MR) is 105 cm³/mol. The fourth-order valence-electron chi connectivity index (χ4n) is 2.98. The third-order valence-corrected chi connectivity index (χ3v) is 4.30. The fraction of sp³-hybridized carbons (Fsp3) is 0.412. The summed E-state index contributed by atoms with van der Waals surface area (Å²) in [6, 6.07) is 3.06. The van der Waals surface area contributed by atoms with E-state index in [0.29, 0.717) is 17.0 Å². The number of hydrogen-bond donors (Lipinski definition) is 3. The first-order chi connectivity index (χ1) is 12.0. The molecule has 1 aliphatic heterocycles. The molecule has 27 heavy (non-hydrogen) atoms. The van der Waals surface area contributed by atoms with Gasteiger partial charge in [-0.15, -0.1) is 24.8 Å². The van der Waals surface area contributed by atoms with Crippen LogP contribution in [-0.2, 0) is 6.54 Å². The second-order valence-corrected chi connectivity index (χ2v) is 6.10. The third kappa shape index (κ3) is 5.66. The van der Waals surface area contributed by atoms with Gasteiger partial charge in [-0.25, -0.2) is 9.78 Å². The molecule has 0 bridgehead atoms. The molecule has 10 heteroatoms. The first kappa shape index (κ1) is 22.9. The van der Waals surface area contributed by atoms with Crippen molar-refractivity contribution < 1.29 is 9.21 Å². The van der Waals surface area contributed by atoms with Gasteiger partial charge in [0.05, 0.1) is 18.6 Å². The van der Waals surface area contributed by atoms with E-state index in [4.69, 9.17) is 4.42 Å². The van der Waals surface area contributed by atoms with Crippen LogP contribution in [0, 0.1) is 6.92 Å². The van der Waals surface area contributed by atoms with Crippen molar-refractivity contribution in [3.8, 4) is 0 Å². The van der Waals surface area contributed by atoms with Crippen LogP contribution in [0.3, 0.4) is 0 Å². The first-order valence-corrected chi connectivity index (χ1v) is 8.22. The van der Waals surface area contributed by atoms with Gasteiger partial charge in [0.15, 0.2) is 0 Å². The molecule has 8 nitrogen and oxygen atoms in total. The van der Waals surface area contributed by atoms with E-state index >= 15 is 0 Å². The van der Waals surface area contributed by atoms with Crippen LogP contribution in [0.1, 0.15) is 46.1 Å². The molecule has 0 aliphatic carbocycles. The SMILES string of the molecule is Cc1cc(C2CCNCC2)oc(=O)c1C(=O)NCc1cc(=O)[nH]cn1.Cl.Cl. The Morgan fingerprint density at radius 3 is 2.59 bits per heavy atom. The lowest BCUT2D eigenvalue weighted by Crippen LogP contribution is -2.31. The normalized spacial score (nSPS) is 14.0. The van der Waals surface area contributed by atoms with E-state index in [1.807, 2.05) is 0 Å². The van der Waals surface area contributed by atoms with Gasteiger partial charge >= 0.3 is 5.63 Å². The molecular formula is C17H22Cl2N4O4. The summed E-state index contributed by atoms with van der Waals surface area (Å²) in [6.07, 6.45) is 3.07. The summed E-state index contributed by atoms with van der Waals surface area (Å²) in [5, 5.41) is 5.86. The highest BCUT2D eigenvalue weighted by atomic mass is 35.5. The Kier molecular flexibility index (Phi) is 8.68. The Balaban J connectivity index is 0.00000182. The van der Waals surface area contributed by atoms with Crippen LogP contribution in [0.25, 0.3) is 0 Å². The number of aromatic amines is 1. The van der Waals surface area contributed by atoms with Gasteiger partial charge in [0.2, 0.25) is 0 Å².